The molecular weight excluding hydrogens is 390 g/mol. The summed E-state index contributed by atoms with van der Waals surface area (Å²) in [7, 11) is 0. The van der Waals surface area contributed by atoms with E-state index in [1.165, 1.54) is 6.07 Å². The van der Waals surface area contributed by atoms with Crippen LogP contribution in [0.1, 0.15) is 76.7 Å². The van der Waals surface area contributed by atoms with Crippen molar-refractivity contribution in [3.05, 3.63) is 64.7 Å². The Morgan fingerprint density at radius 2 is 1.68 bits per heavy atom. The molecule has 1 aliphatic carbocycles. The van der Waals surface area contributed by atoms with E-state index in [1.54, 1.807) is 24.3 Å². The van der Waals surface area contributed by atoms with Gasteiger partial charge in [0, 0.05) is 0 Å². The monoisotopic (exact) mass is 419 g/mol. The average molecular weight is 420 g/mol. The van der Waals surface area contributed by atoms with Gasteiger partial charge in [0.1, 0.15) is 6.10 Å². The van der Waals surface area contributed by atoms with E-state index >= 15 is 0 Å². The fourth-order valence-electron chi connectivity index (χ4n) is 4.75. The lowest BCUT2D eigenvalue weighted by molar-refractivity contribution is -0.0174. The molecule has 2 aromatic carbocycles. The highest BCUT2D eigenvalue weighted by Crippen LogP contribution is 2.36. The van der Waals surface area contributed by atoms with Gasteiger partial charge < -0.3 is 4.74 Å². The third kappa shape index (κ3) is 4.01. The van der Waals surface area contributed by atoms with Gasteiger partial charge in [0.15, 0.2) is 0 Å². The molecule has 0 N–H and O–H groups in total. The van der Waals surface area contributed by atoms with Crippen molar-refractivity contribution in [2.24, 2.45) is 17.8 Å². The molecule has 1 heterocycles. The Morgan fingerprint density at radius 1 is 1.00 bits per heavy atom. The molecule has 5 nitrogen and oxygen atoms in total. The third-order valence-electron chi connectivity index (χ3n) is 6.63. The Balaban J connectivity index is 1.57. The van der Waals surface area contributed by atoms with E-state index in [4.69, 9.17) is 4.74 Å². The molecular formula is C26H29NO4. The molecule has 1 saturated carbocycles. The van der Waals surface area contributed by atoms with Crippen LogP contribution in [0.5, 0.6) is 0 Å². The molecule has 2 aromatic rings. The molecule has 0 aromatic heterocycles. The molecule has 2 aliphatic rings. The van der Waals surface area contributed by atoms with E-state index in [1.807, 2.05) is 19.1 Å². The van der Waals surface area contributed by atoms with Crippen LogP contribution < -0.4 is 4.90 Å². The molecule has 5 heteroatoms. The van der Waals surface area contributed by atoms with E-state index in [0.29, 0.717) is 34.6 Å². The lowest BCUT2D eigenvalue weighted by Crippen LogP contribution is -2.35. The van der Waals surface area contributed by atoms with E-state index in [9.17, 15) is 14.4 Å². The quantitative estimate of drug-likeness (QED) is 0.491. The van der Waals surface area contributed by atoms with Gasteiger partial charge in [-0.1, -0.05) is 44.9 Å². The Hall–Kier alpha value is -2.95. The molecule has 0 saturated heterocycles. The molecule has 1 fully saturated rings. The summed E-state index contributed by atoms with van der Waals surface area (Å²) in [4.78, 5) is 39.9. The lowest BCUT2D eigenvalue weighted by Gasteiger charge is -2.36. The number of amides is 2. The summed E-state index contributed by atoms with van der Waals surface area (Å²) in [5.74, 6) is 0.0914. The minimum atomic E-state index is -0.429. The van der Waals surface area contributed by atoms with Crippen molar-refractivity contribution in [3.63, 3.8) is 0 Å². The number of hydrogen-bond acceptors (Lipinski definition) is 4. The van der Waals surface area contributed by atoms with Crippen molar-refractivity contribution in [1.82, 2.24) is 0 Å². The minimum absolute atomic E-state index is 0.120. The number of anilines is 1. The van der Waals surface area contributed by atoms with Crippen LogP contribution in [-0.4, -0.2) is 23.9 Å². The highest BCUT2D eigenvalue weighted by atomic mass is 16.5. The van der Waals surface area contributed by atoms with Crippen LogP contribution >= 0.6 is 0 Å². The first kappa shape index (κ1) is 21.3. The number of ether oxygens (including phenoxy) is 1. The fraction of sp³-hybridized carbons (Fsp3) is 0.423. The molecule has 1 aliphatic heterocycles. The summed E-state index contributed by atoms with van der Waals surface area (Å²) in [6, 6.07) is 11.9. The first-order valence-corrected chi connectivity index (χ1v) is 11.1. The second-order valence-electron chi connectivity index (χ2n) is 9.31. The molecule has 2 amide bonds. The molecule has 0 bridgehead atoms. The fourth-order valence-corrected chi connectivity index (χ4v) is 4.75. The van der Waals surface area contributed by atoms with Crippen LogP contribution in [0.15, 0.2) is 42.5 Å². The van der Waals surface area contributed by atoms with Gasteiger partial charge in [-0.2, -0.15) is 0 Å². The van der Waals surface area contributed by atoms with Gasteiger partial charge in [-0.3, -0.25) is 9.59 Å². The maximum atomic E-state index is 13.0. The summed E-state index contributed by atoms with van der Waals surface area (Å²) in [6.45, 7) is 8.47. The van der Waals surface area contributed by atoms with Crippen LogP contribution in [0.3, 0.4) is 0 Å². The number of rotatable bonds is 4. The van der Waals surface area contributed by atoms with Crippen molar-refractivity contribution < 1.29 is 19.1 Å². The number of carbonyl (C=O) groups excluding carboxylic acids is 3. The summed E-state index contributed by atoms with van der Waals surface area (Å²) >= 11 is 0. The van der Waals surface area contributed by atoms with Gasteiger partial charge in [0.25, 0.3) is 11.8 Å². The summed E-state index contributed by atoms with van der Waals surface area (Å²) in [5.41, 5.74) is 2.44. The maximum absolute atomic E-state index is 13.0. The number of imide groups is 1. The number of hydrogen-bond donors (Lipinski definition) is 0. The van der Waals surface area contributed by atoms with Crippen molar-refractivity contribution in [2.75, 3.05) is 4.90 Å². The second kappa shape index (κ2) is 8.29. The zero-order valence-corrected chi connectivity index (χ0v) is 18.6. The molecule has 0 radical (unpaired) electrons. The summed E-state index contributed by atoms with van der Waals surface area (Å²) in [5, 5.41) is 0. The number of aryl methyl sites for hydroxylation is 1. The molecule has 0 spiro atoms. The number of fused-ring (bicyclic) bond motifs is 1. The van der Waals surface area contributed by atoms with Crippen LogP contribution in [-0.2, 0) is 4.74 Å². The van der Waals surface area contributed by atoms with E-state index in [-0.39, 0.29) is 17.6 Å². The highest BCUT2D eigenvalue weighted by Gasteiger charge is 2.38. The van der Waals surface area contributed by atoms with Crippen LogP contribution in [0.2, 0.25) is 0 Å². The van der Waals surface area contributed by atoms with Gasteiger partial charge in [-0.15, -0.1) is 0 Å². The first-order valence-electron chi connectivity index (χ1n) is 11.1. The molecule has 3 atom stereocenters. The van der Waals surface area contributed by atoms with Crippen LogP contribution in [0, 0.1) is 24.7 Å². The van der Waals surface area contributed by atoms with Crippen molar-refractivity contribution in [3.8, 4) is 0 Å². The molecule has 31 heavy (non-hydrogen) atoms. The Kier molecular flexibility index (Phi) is 5.69. The van der Waals surface area contributed by atoms with Gasteiger partial charge in [0.05, 0.1) is 22.4 Å². The van der Waals surface area contributed by atoms with Crippen LogP contribution in [0.25, 0.3) is 0 Å². The Morgan fingerprint density at radius 3 is 2.35 bits per heavy atom. The number of nitrogens with zero attached hydrogens (tertiary/aromatic N) is 1. The number of benzene rings is 2. The van der Waals surface area contributed by atoms with Gasteiger partial charge in [0.2, 0.25) is 0 Å². The van der Waals surface area contributed by atoms with Gasteiger partial charge in [-0.05, 0) is 67.9 Å². The topological polar surface area (TPSA) is 63.7 Å². The Labute approximate surface area is 183 Å². The average Bonchev–Trinajstić information content (AvgIpc) is 2.98. The highest BCUT2D eigenvalue weighted by molar-refractivity contribution is 6.34. The van der Waals surface area contributed by atoms with E-state index in [2.05, 4.69) is 20.8 Å². The standard InChI is InChI=1S/C26H29NO4/c1-15(2)20-11-7-17(4)13-23(20)31-26(30)18-8-12-21-22(14-18)25(29)27(24(21)28)19-9-5-16(3)6-10-19/h5-6,8-10,12,14-15,17,20,23H,7,11,13H2,1-4H3/t17-,20+,23+/m1/s1. The summed E-state index contributed by atoms with van der Waals surface area (Å²) < 4.78 is 5.92. The third-order valence-corrected chi connectivity index (χ3v) is 6.63. The van der Waals surface area contributed by atoms with E-state index < -0.39 is 11.9 Å². The summed E-state index contributed by atoms with van der Waals surface area (Å²) in [6.07, 6.45) is 2.95. The maximum Gasteiger partial charge on any atom is 0.338 e. The molecule has 0 unspecified atom stereocenters. The Bertz CT molecular complexity index is 1020. The zero-order chi connectivity index (χ0) is 22.3. The second-order valence-corrected chi connectivity index (χ2v) is 9.31. The lowest BCUT2D eigenvalue weighted by atomic mass is 9.75. The van der Waals surface area contributed by atoms with Crippen molar-refractivity contribution >= 4 is 23.5 Å². The molecule has 162 valence electrons. The first-order chi connectivity index (χ1) is 14.8. The van der Waals surface area contributed by atoms with Crippen molar-refractivity contribution in [2.45, 2.75) is 53.1 Å². The SMILES string of the molecule is Cc1ccc(N2C(=O)c3ccc(C(=O)O[C@H]4C[C@H](C)CC[C@H]4C(C)C)cc3C2=O)cc1. The van der Waals surface area contributed by atoms with Gasteiger partial charge >= 0.3 is 5.97 Å². The largest absolute Gasteiger partial charge is 0.458 e. The predicted molar refractivity (Wildman–Crippen MR) is 119 cm³/mol. The van der Waals surface area contributed by atoms with E-state index in [0.717, 1.165) is 29.7 Å². The van der Waals surface area contributed by atoms with Gasteiger partial charge in [-0.25, -0.2) is 9.69 Å². The van der Waals surface area contributed by atoms with Crippen molar-refractivity contribution in [1.29, 1.82) is 0 Å². The zero-order valence-electron chi connectivity index (χ0n) is 18.6. The van der Waals surface area contributed by atoms with Crippen LogP contribution in [0.4, 0.5) is 5.69 Å². The minimum Gasteiger partial charge on any atom is -0.458 e. The predicted octanol–water partition coefficient (Wildman–Crippen LogP) is 5.41. The molecule has 4 rings (SSSR count). The number of esters is 1. The smallest absolute Gasteiger partial charge is 0.338 e. The number of carbonyl (C=O) groups is 3. The normalized spacial score (nSPS) is 23.3.